The van der Waals surface area contributed by atoms with Crippen LogP contribution in [0.1, 0.15) is 46.5 Å². The maximum atomic E-state index is 12.0. The summed E-state index contributed by atoms with van der Waals surface area (Å²) in [5.41, 5.74) is -0.827. The van der Waals surface area contributed by atoms with E-state index in [0.717, 1.165) is 19.3 Å². The molecule has 0 radical (unpaired) electrons. The predicted octanol–water partition coefficient (Wildman–Crippen LogP) is 2.07. The highest BCUT2D eigenvalue weighted by molar-refractivity contribution is 5.79. The van der Waals surface area contributed by atoms with Crippen molar-refractivity contribution in [1.29, 1.82) is 0 Å². The highest BCUT2D eigenvalue weighted by atomic mass is 16.4. The Morgan fingerprint density at radius 1 is 1.56 bits per heavy atom. The first-order valence-electron chi connectivity index (χ1n) is 6.59. The van der Waals surface area contributed by atoms with Crippen LogP contribution in [0, 0.1) is 5.41 Å². The predicted molar refractivity (Wildman–Crippen MR) is 69.4 cm³/mol. The largest absolute Gasteiger partial charge is 0.481 e. The number of nitrogens with zero attached hydrogens (tertiary/aromatic N) is 1. The van der Waals surface area contributed by atoms with Gasteiger partial charge in [0.15, 0.2) is 0 Å². The van der Waals surface area contributed by atoms with E-state index in [-0.39, 0.29) is 18.1 Å². The highest BCUT2D eigenvalue weighted by Gasteiger charge is 2.46. The van der Waals surface area contributed by atoms with Crippen LogP contribution in [0.5, 0.6) is 0 Å². The fraction of sp³-hybridized carbons (Fsp3) is 0.846. The number of carbonyl (C=O) groups is 2. The number of hydrogen-bond acceptors (Lipinski definition) is 2. The molecule has 0 bridgehead atoms. The van der Waals surface area contributed by atoms with E-state index in [9.17, 15) is 14.7 Å². The molecule has 0 spiro atoms. The van der Waals surface area contributed by atoms with Gasteiger partial charge in [0, 0.05) is 19.1 Å². The van der Waals surface area contributed by atoms with Gasteiger partial charge in [-0.05, 0) is 33.1 Å². The first kappa shape index (κ1) is 14.8. The van der Waals surface area contributed by atoms with Crippen molar-refractivity contribution >= 4 is 12.0 Å². The number of aliphatic carboxylic acids is 1. The normalized spacial score (nSPS) is 28.8. The van der Waals surface area contributed by atoms with Crippen molar-refractivity contribution in [2.75, 3.05) is 7.05 Å². The fourth-order valence-corrected chi connectivity index (χ4v) is 2.38. The molecule has 0 heterocycles. The van der Waals surface area contributed by atoms with Gasteiger partial charge in [-0.15, -0.1) is 0 Å². The van der Waals surface area contributed by atoms with Crippen molar-refractivity contribution in [2.45, 2.75) is 58.5 Å². The Morgan fingerprint density at radius 3 is 2.67 bits per heavy atom. The number of carboxylic acid groups (broad SMARTS) is 1. The van der Waals surface area contributed by atoms with Gasteiger partial charge in [0.1, 0.15) is 0 Å². The van der Waals surface area contributed by atoms with Crippen LogP contribution in [0.15, 0.2) is 0 Å². The molecule has 5 heteroatoms. The van der Waals surface area contributed by atoms with Gasteiger partial charge < -0.3 is 15.3 Å². The van der Waals surface area contributed by atoms with E-state index in [4.69, 9.17) is 0 Å². The third kappa shape index (κ3) is 2.76. The van der Waals surface area contributed by atoms with Gasteiger partial charge in [0.2, 0.25) is 0 Å². The van der Waals surface area contributed by atoms with Crippen molar-refractivity contribution in [3.63, 3.8) is 0 Å². The topological polar surface area (TPSA) is 69.6 Å². The number of rotatable bonds is 4. The summed E-state index contributed by atoms with van der Waals surface area (Å²) in [6, 6.07) is -0.291. The second kappa shape index (κ2) is 5.59. The standard InChI is InChI=1S/C13H24N2O3/c1-5-9(2)15(4)12(18)14-10-7-6-8-13(10,3)11(16)17/h9-10H,5-8H2,1-4H3,(H,14,18)(H,16,17). The summed E-state index contributed by atoms with van der Waals surface area (Å²) in [7, 11) is 1.75. The lowest BCUT2D eigenvalue weighted by Crippen LogP contribution is -2.52. The monoisotopic (exact) mass is 256 g/mol. The van der Waals surface area contributed by atoms with Crippen molar-refractivity contribution in [3.8, 4) is 0 Å². The summed E-state index contributed by atoms with van der Waals surface area (Å²) in [5.74, 6) is -0.823. The molecule has 1 saturated carbocycles. The van der Waals surface area contributed by atoms with Gasteiger partial charge in [0.25, 0.3) is 0 Å². The molecule has 104 valence electrons. The number of nitrogens with one attached hydrogen (secondary N) is 1. The van der Waals surface area contributed by atoms with Crippen LogP contribution in [-0.2, 0) is 4.79 Å². The Bertz CT molecular complexity index is 332. The van der Waals surface area contributed by atoms with Crippen LogP contribution in [0.4, 0.5) is 4.79 Å². The molecule has 1 fully saturated rings. The van der Waals surface area contributed by atoms with E-state index in [1.165, 1.54) is 0 Å². The van der Waals surface area contributed by atoms with E-state index in [1.54, 1.807) is 18.9 Å². The number of urea groups is 1. The first-order valence-corrected chi connectivity index (χ1v) is 6.59. The fourth-order valence-electron chi connectivity index (χ4n) is 2.38. The smallest absolute Gasteiger partial charge is 0.317 e. The van der Waals surface area contributed by atoms with E-state index in [2.05, 4.69) is 5.32 Å². The lowest BCUT2D eigenvalue weighted by atomic mass is 9.85. The highest BCUT2D eigenvalue weighted by Crippen LogP contribution is 2.38. The van der Waals surface area contributed by atoms with E-state index >= 15 is 0 Å². The van der Waals surface area contributed by atoms with Gasteiger partial charge in [-0.1, -0.05) is 13.3 Å². The number of carboxylic acids is 1. The lowest BCUT2D eigenvalue weighted by Gasteiger charge is -2.31. The van der Waals surface area contributed by atoms with Crippen LogP contribution in [0.25, 0.3) is 0 Å². The van der Waals surface area contributed by atoms with Crippen LogP contribution in [0.2, 0.25) is 0 Å². The zero-order valence-corrected chi connectivity index (χ0v) is 11.7. The van der Waals surface area contributed by atoms with Gasteiger partial charge in [-0.25, -0.2) is 4.79 Å². The zero-order chi connectivity index (χ0) is 13.9. The quantitative estimate of drug-likeness (QED) is 0.809. The Balaban J connectivity index is 2.67. The molecule has 2 amide bonds. The minimum absolute atomic E-state index is 0.155. The maximum absolute atomic E-state index is 12.0. The van der Waals surface area contributed by atoms with Crippen LogP contribution < -0.4 is 5.32 Å². The minimum atomic E-state index is -0.827. The van der Waals surface area contributed by atoms with Crippen LogP contribution >= 0.6 is 0 Å². The molecule has 5 nitrogen and oxygen atoms in total. The van der Waals surface area contributed by atoms with Gasteiger partial charge in [-0.2, -0.15) is 0 Å². The number of amides is 2. The van der Waals surface area contributed by atoms with Crippen molar-refractivity contribution in [1.82, 2.24) is 10.2 Å². The average molecular weight is 256 g/mol. The van der Waals surface area contributed by atoms with Crippen molar-refractivity contribution in [3.05, 3.63) is 0 Å². The molecular weight excluding hydrogens is 232 g/mol. The summed E-state index contributed by atoms with van der Waals surface area (Å²) in [5, 5.41) is 12.2. The summed E-state index contributed by atoms with van der Waals surface area (Å²) in [4.78, 5) is 25.0. The van der Waals surface area contributed by atoms with Crippen molar-refractivity contribution < 1.29 is 14.7 Å². The third-order valence-electron chi connectivity index (χ3n) is 4.32. The third-order valence-corrected chi connectivity index (χ3v) is 4.32. The molecule has 1 rings (SSSR count). The van der Waals surface area contributed by atoms with Gasteiger partial charge >= 0.3 is 12.0 Å². The molecule has 18 heavy (non-hydrogen) atoms. The SMILES string of the molecule is CCC(C)N(C)C(=O)NC1CCCC1(C)C(=O)O. The molecule has 2 N–H and O–H groups in total. The summed E-state index contributed by atoms with van der Waals surface area (Å²) >= 11 is 0. The zero-order valence-electron chi connectivity index (χ0n) is 11.7. The van der Waals surface area contributed by atoms with Crippen LogP contribution in [-0.4, -0.2) is 41.1 Å². The Kier molecular flexibility index (Phi) is 4.59. The summed E-state index contributed by atoms with van der Waals surface area (Å²) < 4.78 is 0. The maximum Gasteiger partial charge on any atom is 0.317 e. The molecule has 0 saturated heterocycles. The Morgan fingerprint density at radius 2 is 2.17 bits per heavy atom. The van der Waals surface area contributed by atoms with E-state index in [0.29, 0.717) is 6.42 Å². The molecule has 0 aromatic carbocycles. The molecule has 0 aromatic rings. The molecule has 3 atom stereocenters. The minimum Gasteiger partial charge on any atom is -0.481 e. The Hall–Kier alpha value is -1.26. The van der Waals surface area contributed by atoms with Gasteiger partial charge in [0.05, 0.1) is 5.41 Å². The first-order chi connectivity index (χ1) is 8.32. The summed E-state index contributed by atoms with van der Waals surface area (Å²) in [6.07, 6.45) is 3.09. The van der Waals surface area contributed by atoms with Crippen LogP contribution in [0.3, 0.4) is 0 Å². The Labute approximate surface area is 109 Å². The lowest BCUT2D eigenvalue weighted by molar-refractivity contribution is -0.148. The second-order valence-corrected chi connectivity index (χ2v) is 5.49. The molecule has 0 aliphatic heterocycles. The summed E-state index contributed by atoms with van der Waals surface area (Å²) in [6.45, 7) is 5.71. The molecule has 3 unspecified atom stereocenters. The van der Waals surface area contributed by atoms with Gasteiger partial charge in [-0.3, -0.25) is 4.79 Å². The van der Waals surface area contributed by atoms with Crippen molar-refractivity contribution in [2.24, 2.45) is 5.41 Å². The average Bonchev–Trinajstić information content (AvgIpc) is 2.70. The molecule has 1 aliphatic rings. The molecule has 1 aliphatic carbocycles. The second-order valence-electron chi connectivity index (χ2n) is 5.49. The van der Waals surface area contributed by atoms with E-state index < -0.39 is 11.4 Å². The van der Waals surface area contributed by atoms with E-state index in [1.807, 2.05) is 13.8 Å². The molecular formula is C13H24N2O3. The molecule has 0 aromatic heterocycles. The number of hydrogen-bond donors (Lipinski definition) is 2. The number of carbonyl (C=O) groups excluding carboxylic acids is 1.